The summed E-state index contributed by atoms with van der Waals surface area (Å²) >= 11 is 0. The summed E-state index contributed by atoms with van der Waals surface area (Å²) in [5.74, 6) is 0.245. The zero-order valence-corrected chi connectivity index (χ0v) is 10.5. The van der Waals surface area contributed by atoms with Gasteiger partial charge in [-0.3, -0.25) is 0 Å². The van der Waals surface area contributed by atoms with E-state index in [1.807, 2.05) is 60.7 Å². The van der Waals surface area contributed by atoms with E-state index in [9.17, 15) is 5.11 Å². The van der Waals surface area contributed by atoms with Crippen LogP contribution in [0.5, 0.6) is 5.75 Å². The number of hydrogen-bond donors (Lipinski definition) is 2. The maximum atomic E-state index is 10.2. The third kappa shape index (κ3) is 2.07. The molecule has 3 aromatic rings. The molecule has 3 N–H and O–H groups in total. The molecular formula is C17H15NO. The molecule has 2 heteroatoms. The van der Waals surface area contributed by atoms with Gasteiger partial charge in [-0.1, -0.05) is 60.7 Å². The lowest BCUT2D eigenvalue weighted by Crippen LogP contribution is -2.12. The van der Waals surface area contributed by atoms with Gasteiger partial charge in [-0.2, -0.15) is 0 Å². The Labute approximate surface area is 112 Å². The second-order valence-corrected chi connectivity index (χ2v) is 4.61. The van der Waals surface area contributed by atoms with Crippen molar-refractivity contribution in [2.75, 3.05) is 0 Å². The van der Waals surface area contributed by atoms with Crippen LogP contribution >= 0.6 is 0 Å². The van der Waals surface area contributed by atoms with Gasteiger partial charge in [0.15, 0.2) is 0 Å². The van der Waals surface area contributed by atoms with Gasteiger partial charge in [0.2, 0.25) is 0 Å². The Bertz CT molecular complexity index is 707. The Morgan fingerprint density at radius 2 is 1.47 bits per heavy atom. The van der Waals surface area contributed by atoms with E-state index < -0.39 is 0 Å². The molecule has 1 atom stereocenters. The minimum atomic E-state index is -0.327. The lowest BCUT2D eigenvalue weighted by Gasteiger charge is -2.16. The predicted octanol–water partition coefficient (Wildman–Crippen LogP) is 3.59. The van der Waals surface area contributed by atoms with Crippen LogP contribution in [-0.4, -0.2) is 5.11 Å². The third-order valence-electron chi connectivity index (χ3n) is 3.42. The average Bonchev–Trinajstić information content (AvgIpc) is 2.47. The van der Waals surface area contributed by atoms with Gasteiger partial charge in [0.05, 0.1) is 6.04 Å². The molecule has 0 amide bonds. The number of nitrogens with two attached hydrogens (primary N) is 1. The number of phenols is 1. The van der Waals surface area contributed by atoms with Gasteiger partial charge < -0.3 is 10.8 Å². The Balaban J connectivity index is 2.22. The predicted molar refractivity (Wildman–Crippen MR) is 78.1 cm³/mol. The van der Waals surface area contributed by atoms with Crippen LogP contribution in [0.3, 0.4) is 0 Å². The number of rotatable bonds is 2. The number of hydrogen-bond acceptors (Lipinski definition) is 2. The molecule has 0 unspecified atom stereocenters. The fourth-order valence-electron chi connectivity index (χ4n) is 2.44. The summed E-state index contributed by atoms with van der Waals surface area (Å²) in [4.78, 5) is 0. The standard InChI is InChI=1S/C17H15NO/c18-17(13-7-2-1-3-8-13)16-14-9-5-4-6-12(14)10-11-15(16)19/h1-11,17,19H,18H2/t17-/m1/s1. The average molecular weight is 249 g/mol. The van der Waals surface area contributed by atoms with Crippen molar-refractivity contribution < 1.29 is 5.11 Å². The molecule has 0 aliphatic rings. The minimum Gasteiger partial charge on any atom is -0.508 e. The number of aromatic hydroxyl groups is 1. The summed E-state index contributed by atoms with van der Waals surface area (Å²) in [6, 6.07) is 21.1. The molecule has 19 heavy (non-hydrogen) atoms. The number of phenolic OH excluding ortho intramolecular Hbond substituents is 1. The van der Waals surface area contributed by atoms with Crippen molar-refractivity contribution in [2.24, 2.45) is 5.73 Å². The summed E-state index contributed by atoms with van der Waals surface area (Å²) in [5, 5.41) is 12.2. The first kappa shape index (κ1) is 11.8. The molecule has 0 fully saturated rings. The quantitative estimate of drug-likeness (QED) is 0.729. The molecule has 2 nitrogen and oxygen atoms in total. The monoisotopic (exact) mass is 249 g/mol. The molecule has 0 bridgehead atoms. The molecule has 0 aromatic heterocycles. The summed E-state index contributed by atoms with van der Waals surface area (Å²) in [5.41, 5.74) is 8.10. The van der Waals surface area contributed by atoms with Gasteiger partial charge in [0.25, 0.3) is 0 Å². The van der Waals surface area contributed by atoms with Crippen LogP contribution in [0.2, 0.25) is 0 Å². The van der Waals surface area contributed by atoms with Crippen LogP contribution in [-0.2, 0) is 0 Å². The zero-order chi connectivity index (χ0) is 13.2. The summed E-state index contributed by atoms with van der Waals surface area (Å²) in [6.45, 7) is 0. The molecule has 3 rings (SSSR count). The second kappa shape index (κ2) is 4.75. The van der Waals surface area contributed by atoms with E-state index >= 15 is 0 Å². The Morgan fingerprint density at radius 1 is 0.789 bits per heavy atom. The highest BCUT2D eigenvalue weighted by Gasteiger charge is 2.16. The van der Waals surface area contributed by atoms with Crippen LogP contribution in [0.1, 0.15) is 17.2 Å². The maximum Gasteiger partial charge on any atom is 0.121 e. The second-order valence-electron chi connectivity index (χ2n) is 4.61. The zero-order valence-electron chi connectivity index (χ0n) is 10.5. The Kier molecular flexibility index (Phi) is 2.94. The molecule has 0 aliphatic heterocycles. The van der Waals surface area contributed by atoms with Gasteiger partial charge in [0.1, 0.15) is 5.75 Å². The van der Waals surface area contributed by atoms with Gasteiger partial charge >= 0.3 is 0 Å². The van der Waals surface area contributed by atoms with Crippen LogP contribution < -0.4 is 5.73 Å². The van der Waals surface area contributed by atoms with Crippen LogP contribution in [0, 0.1) is 0 Å². The highest BCUT2D eigenvalue weighted by Crippen LogP contribution is 2.34. The number of fused-ring (bicyclic) bond motifs is 1. The lowest BCUT2D eigenvalue weighted by atomic mass is 9.93. The first-order chi connectivity index (χ1) is 9.27. The van der Waals surface area contributed by atoms with E-state index in [2.05, 4.69) is 0 Å². The highest BCUT2D eigenvalue weighted by molar-refractivity contribution is 5.88. The molecule has 0 saturated heterocycles. The van der Waals surface area contributed by atoms with Crippen LogP contribution in [0.4, 0.5) is 0 Å². The summed E-state index contributed by atoms with van der Waals surface area (Å²) in [6.07, 6.45) is 0. The SMILES string of the molecule is N[C@H](c1ccccc1)c1c(O)ccc2ccccc12. The molecule has 3 aromatic carbocycles. The van der Waals surface area contributed by atoms with Crippen molar-refractivity contribution in [3.8, 4) is 5.75 Å². The van der Waals surface area contributed by atoms with Crippen LogP contribution in [0.25, 0.3) is 10.8 Å². The maximum absolute atomic E-state index is 10.2. The smallest absolute Gasteiger partial charge is 0.121 e. The van der Waals surface area contributed by atoms with Crippen molar-refractivity contribution in [1.82, 2.24) is 0 Å². The normalized spacial score (nSPS) is 12.5. The summed E-state index contributed by atoms with van der Waals surface area (Å²) < 4.78 is 0. The molecular weight excluding hydrogens is 234 g/mol. The Hall–Kier alpha value is -2.32. The van der Waals surface area contributed by atoms with Crippen molar-refractivity contribution >= 4 is 10.8 Å². The number of benzene rings is 3. The first-order valence-electron chi connectivity index (χ1n) is 6.28. The topological polar surface area (TPSA) is 46.2 Å². The molecule has 0 spiro atoms. The van der Waals surface area contributed by atoms with E-state index in [1.165, 1.54) is 0 Å². The van der Waals surface area contributed by atoms with E-state index in [4.69, 9.17) is 5.73 Å². The highest BCUT2D eigenvalue weighted by atomic mass is 16.3. The Morgan fingerprint density at radius 3 is 2.26 bits per heavy atom. The van der Waals surface area contributed by atoms with Crippen molar-refractivity contribution in [3.05, 3.63) is 77.9 Å². The van der Waals surface area contributed by atoms with Gasteiger partial charge in [-0.05, 0) is 22.4 Å². The molecule has 0 saturated carbocycles. The minimum absolute atomic E-state index is 0.245. The van der Waals surface area contributed by atoms with Gasteiger partial charge in [-0.25, -0.2) is 0 Å². The third-order valence-corrected chi connectivity index (χ3v) is 3.42. The van der Waals surface area contributed by atoms with Gasteiger partial charge in [-0.15, -0.1) is 0 Å². The largest absolute Gasteiger partial charge is 0.508 e. The van der Waals surface area contributed by atoms with Crippen LogP contribution in [0.15, 0.2) is 66.7 Å². The first-order valence-corrected chi connectivity index (χ1v) is 6.28. The fourth-order valence-corrected chi connectivity index (χ4v) is 2.44. The molecule has 0 heterocycles. The van der Waals surface area contributed by atoms with Crippen molar-refractivity contribution in [3.63, 3.8) is 0 Å². The fraction of sp³-hybridized carbons (Fsp3) is 0.0588. The summed E-state index contributed by atoms with van der Waals surface area (Å²) in [7, 11) is 0. The van der Waals surface area contributed by atoms with E-state index in [0.29, 0.717) is 0 Å². The van der Waals surface area contributed by atoms with Crippen molar-refractivity contribution in [2.45, 2.75) is 6.04 Å². The molecule has 94 valence electrons. The van der Waals surface area contributed by atoms with Crippen molar-refractivity contribution in [1.29, 1.82) is 0 Å². The van der Waals surface area contributed by atoms with Gasteiger partial charge in [0, 0.05) is 5.56 Å². The van der Waals surface area contributed by atoms with E-state index in [1.54, 1.807) is 6.07 Å². The van der Waals surface area contributed by atoms with E-state index in [0.717, 1.165) is 21.9 Å². The lowest BCUT2D eigenvalue weighted by molar-refractivity contribution is 0.466. The van der Waals surface area contributed by atoms with E-state index in [-0.39, 0.29) is 11.8 Å². The molecule has 0 aliphatic carbocycles. The molecule has 0 radical (unpaired) electrons.